The zero-order valence-corrected chi connectivity index (χ0v) is 20.6. The predicted octanol–water partition coefficient (Wildman–Crippen LogP) is 4.51. The van der Waals surface area contributed by atoms with Gasteiger partial charge in [0.15, 0.2) is 0 Å². The third-order valence-corrected chi connectivity index (χ3v) is 9.32. The van der Waals surface area contributed by atoms with Crippen LogP contribution in [0.1, 0.15) is 18.4 Å². The zero-order valence-electron chi connectivity index (χ0n) is 17.4. The first-order chi connectivity index (χ1) is 14.9. The number of carbonyl (C=O) groups is 1. The van der Waals surface area contributed by atoms with Gasteiger partial charge in [-0.2, -0.15) is 16.1 Å². The van der Waals surface area contributed by atoms with Crippen molar-refractivity contribution >= 4 is 51.1 Å². The number of sulfonamides is 1. The molecule has 1 N–H and O–H groups in total. The Balaban J connectivity index is 1.40. The van der Waals surface area contributed by atoms with E-state index in [9.17, 15) is 13.2 Å². The normalized spacial score (nSPS) is 15.7. The van der Waals surface area contributed by atoms with Crippen LogP contribution in [0, 0.1) is 5.92 Å². The van der Waals surface area contributed by atoms with Gasteiger partial charge in [-0.15, -0.1) is 11.8 Å². The summed E-state index contributed by atoms with van der Waals surface area (Å²) in [6.45, 7) is 1.33. The number of hydrogen-bond acceptors (Lipinski definition) is 5. The van der Waals surface area contributed by atoms with Crippen molar-refractivity contribution in [2.24, 2.45) is 5.92 Å². The van der Waals surface area contributed by atoms with Crippen LogP contribution in [0.25, 0.3) is 0 Å². The Morgan fingerprint density at radius 1 is 1.13 bits per heavy atom. The Bertz CT molecular complexity index is 976. The summed E-state index contributed by atoms with van der Waals surface area (Å²) in [6.07, 6.45) is 3.04. The number of thioether (sulfide) groups is 2. The van der Waals surface area contributed by atoms with Gasteiger partial charge >= 0.3 is 0 Å². The van der Waals surface area contributed by atoms with E-state index >= 15 is 0 Å². The summed E-state index contributed by atoms with van der Waals surface area (Å²) in [6, 6.07) is 14.7. The van der Waals surface area contributed by atoms with Gasteiger partial charge in [0, 0.05) is 47.0 Å². The van der Waals surface area contributed by atoms with E-state index in [1.54, 1.807) is 35.7 Å². The summed E-state index contributed by atoms with van der Waals surface area (Å²) >= 11 is 9.46. The van der Waals surface area contributed by atoms with E-state index in [4.69, 9.17) is 11.6 Å². The van der Waals surface area contributed by atoms with Crippen molar-refractivity contribution in [3.63, 3.8) is 0 Å². The van der Waals surface area contributed by atoms with E-state index in [-0.39, 0.29) is 11.8 Å². The van der Waals surface area contributed by atoms with E-state index in [0.717, 1.165) is 27.0 Å². The zero-order chi connectivity index (χ0) is 22.3. The molecule has 1 aliphatic rings. The Hall–Kier alpha value is -1.19. The highest BCUT2D eigenvalue weighted by molar-refractivity contribution is 7.98. The molecule has 31 heavy (non-hydrogen) atoms. The van der Waals surface area contributed by atoms with Gasteiger partial charge in [0.2, 0.25) is 15.9 Å². The standard InChI is InChI=1S/C22H27ClN2O3S3/c1-29-19-6-8-20(9-7-19)31(27,28)25-13-10-17(11-14-25)22(26)24-12-15-30-16-18-4-2-3-5-21(18)23/h2-9,17H,10-16H2,1H3,(H,24,26). The second-order valence-electron chi connectivity index (χ2n) is 7.29. The molecule has 3 rings (SSSR count). The van der Waals surface area contributed by atoms with Crippen molar-refractivity contribution < 1.29 is 13.2 Å². The Kier molecular flexibility index (Phi) is 9.16. The number of benzene rings is 2. The fraction of sp³-hybridized carbons (Fsp3) is 0.409. The lowest BCUT2D eigenvalue weighted by Crippen LogP contribution is -2.43. The summed E-state index contributed by atoms with van der Waals surface area (Å²) < 4.78 is 27.2. The second kappa shape index (κ2) is 11.6. The molecule has 0 radical (unpaired) electrons. The molecule has 1 amide bonds. The minimum atomic E-state index is -3.51. The summed E-state index contributed by atoms with van der Waals surface area (Å²) in [7, 11) is -3.51. The minimum Gasteiger partial charge on any atom is -0.355 e. The van der Waals surface area contributed by atoms with Crippen molar-refractivity contribution in [2.75, 3.05) is 31.6 Å². The molecular formula is C22H27ClN2O3S3. The highest BCUT2D eigenvalue weighted by Crippen LogP contribution is 2.26. The quantitative estimate of drug-likeness (QED) is 0.407. The lowest BCUT2D eigenvalue weighted by atomic mass is 9.97. The Labute approximate surface area is 198 Å². The summed E-state index contributed by atoms with van der Waals surface area (Å²) in [4.78, 5) is 13.8. The molecule has 5 nitrogen and oxygen atoms in total. The first-order valence-corrected chi connectivity index (χ1v) is 14.3. The maximum Gasteiger partial charge on any atom is 0.243 e. The van der Waals surface area contributed by atoms with Crippen LogP contribution in [-0.2, 0) is 20.6 Å². The number of rotatable bonds is 9. The Morgan fingerprint density at radius 3 is 2.45 bits per heavy atom. The van der Waals surface area contributed by atoms with Crippen LogP contribution in [0.3, 0.4) is 0 Å². The molecule has 9 heteroatoms. The molecule has 0 bridgehead atoms. The third-order valence-electron chi connectivity index (χ3n) is 5.28. The molecule has 1 aliphatic heterocycles. The van der Waals surface area contributed by atoms with Crippen LogP contribution in [0.2, 0.25) is 5.02 Å². The smallest absolute Gasteiger partial charge is 0.243 e. The average molecular weight is 499 g/mol. The number of halogens is 1. The highest BCUT2D eigenvalue weighted by atomic mass is 35.5. The molecule has 1 heterocycles. The fourth-order valence-electron chi connectivity index (χ4n) is 3.44. The first kappa shape index (κ1) is 24.5. The molecule has 0 saturated carbocycles. The first-order valence-electron chi connectivity index (χ1n) is 10.1. The summed E-state index contributed by atoms with van der Waals surface area (Å²) in [5.41, 5.74) is 1.09. The monoisotopic (exact) mass is 498 g/mol. The molecule has 0 atom stereocenters. The van der Waals surface area contributed by atoms with Gasteiger partial charge in [-0.1, -0.05) is 29.8 Å². The van der Waals surface area contributed by atoms with Crippen LogP contribution in [0.15, 0.2) is 58.3 Å². The SMILES string of the molecule is CSc1ccc(S(=O)(=O)N2CCC(C(=O)NCCSCc3ccccc3Cl)CC2)cc1. The van der Waals surface area contributed by atoms with Gasteiger partial charge < -0.3 is 5.32 Å². The summed E-state index contributed by atoms with van der Waals surface area (Å²) in [5, 5.41) is 3.75. The van der Waals surface area contributed by atoms with Crippen molar-refractivity contribution in [1.29, 1.82) is 0 Å². The molecule has 2 aromatic rings. The van der Waals surface area contributed by atoms with E-state index in [2.05, 4.69) is 5.32 Å². The number of nitrogens with zero attached hydrogens (tertiary/aromatic N) is 1. The van der Waals surface area contributed by atoms with Crippen LogP contribution < -0.4 is 5.32 Å². The molecule has 0 spiro atoms. The van der Waals surface area contributed by atoms with E-state index in [1.807, 2.05) is 42.7 Å². The van der Waals surface area contributed by atoms with Crippen LogP contribution in [-0.4, -0.2) is 50.3 Å². The van der Waals surface area contributed by atoms with Crippen molar-refractivity contribution in [2.45, 2.75) is 28.4 Å². The van der Waals surface area contributed by atoms with Gasteiger partial charge in [0.25, 0.3) is 0 Å². The van der Waals surface area contributed by atoms with Crippen LogP contribution in [0.5, 0.6) is 0 Å². The second-order valence-corrected chi connectivity index (χ2v) is 11.6. The maximum absolute atomic E-state index is 12.9. The van der Waals surface area contributed by atoms with E-state index in [0.29, 0.717) is 37.4 Å². The van der Waals surface area contributed by atoms with Gasteiger partial charge in [-0.05, 0) is 55.0 Å². The maximum atomic E-state index is 12.9. The third kappa shape index (κ3) is 6.65. The van der Waals surface area contributed by atoms with Crippen molar-refractivity contribution in [3.05, 3.63) is 59.1 Å². The van der Waals surface area contributed by atoms with Gasteiger partial charge in [0.1, 0.15) is 0 Å². The van der Waals surface area contributed by atoms with Crippen molar-refractivity contribution in [3.8, 4) is 0 Å². The molecule has 0 unspecified atom stereocenters. The van der Waals surface area contributed by atoms with Gasteiger partial charge in [0.05, 0.1) is 4.90 Å². The number of amides is 1. The number of hydrogen-bond donors (Lipinski definition) is 1. The topological polar surface area (TPSA) is 66.5 Å². The average Bonchev–Trinajstić information content (AvgIpc) is 2.80. The van der Waals surface area contributed by atoms with Gasteiger partial charge in [-0.3, -0.25) is 4.79 Å². The Morgan fingerprint density at radius 2 is 1.81 bits per heavy atom. The van der Waals surface area contributed by atoms with Crippen LogP contribution >= 0.6 is 35.1 Å². The predicted molar refractivity (Wildman–Crippen MR) is 130 cm³/mol. The van der Waals surface area contributed by atoms with E-state index < -0.39 is 10.0 Å². The number of piperidine rings is 1. The lowest BCUT2D eigenvalue weighted by Gasteiger charge is -2.30. The molecule has 0 aliphatic carbocycles. The minimum absolute atomic E-state index is 0.0136. The summed E-state index contributed by atoms with van der Waals surface area (Å²) in [5.74, 6) is 1.48. The van der Waals surface area contributed by atoms with Gasteiger partial charge in [-0.25, -0.2) is 8.42 Å². The molecule has 0 aromatic heterocycles. The van der Waals surface area contributed by atoms with E-state index in [1.165, 1.54) is 4.31 Å². The molecule has 168 valence electrons. The lowest BCUT2D eigenvalue weighted by molar-refractivity contribution is -0.125. The number of nitrogens with one attached hydrogen (secondary N) is 1. The highest BCUT2D eigenvalue weighted by Gasteiger charge is 2.31. The molecular weight excluding hydrogens is 472 g/mol. The number of carbonyl (C=O) groups excluding carboxylic acids is 1. The largest absolute Gasteiger partial charge is 0.355 e. The molecule has 2 aromatic carbocycles. The molecule has 1 fully saturated rings. The van der Waals surface area contributed by atoms with Crippen LogP contribution in [0.4, 0.5) is 0 Å². The molecule has 1 saturated heterocycles. The fourth-order valence-corrected chi connectivity index (χ4v) is 6.47. The van der Waals surface area contributed by atoms with Crippen molar-refractivity contribution in [1.82, 2.24) is 9.62 Å².